The van der Waals surface area contributed by atoms with Gasteiger partial charge in [0.05, 0.1) is 15.7 Å². The van der Waals surface area contributed by atoms with Crippen molar-refractivity contribution in [2.24, 2.45) is 17.8 Å². The van der Waals surface area contributed by atoms with Crippen molar-refractivity contribution in [3.8, 4) is 5.75 Å². The Bertz CT molecular complexity index is 1630. The molecule has 9 heteroatoms. The van der Waals surface area contributed by atoms with Crippen LogP contribution in [0.2, 0.25) is 10.0 Å². The van der Waals surface area contributed by atoms with E-state index in [1.165, 1.54) is 68.4 Å². The number of hydrogen-bond acceptors (Lipinski definition) is 4. The first-order valence-electron chi connectivity index (χ1n) is 14.6. The fourth-order valence-electron chi connectivity index (χ4n) is 8.05. The Labute approximate surface area is 258 Å². The minimum absolute atomic E-state index is 0.0911. The molecular weight excluding hydrogens is 590 g/mol. The average molecular weight is 620 g/mol. The van der Waals surface area contributed by atoms with Crippen LogP contribution in [0.4, 0.5) is 14.9 Å². The summed E-state index contributed by atoms with van der Waals surface area (Å²) in [4.78, 5) is 40.1. The number of urea groups is 1. The van der Waals surface area contributed by atoms with Crippen LogP contribution in [0.1, 0.15) is 55.2 Å². The molecule has 1 aliphatic heterocycles. The summed E-state index contributed by atoms with van der Waals surface area (Å²) in [5, 5.41) is 2.51. The Hall–Kier alpha value is -3.68. The number of benzene rings is 3. The summed E-state index contributed by atoms with van der Waals surface area (Å²) in [6.07, 6.45) is 9.01. The Balaban J connectivity index is 1.12. The zero-order valence-electron chi connectivity index (χ0n) is 23.2. The maximum Gasteiger partial charge on any atom is 0.335 e. The largest absolute Gasteiger partial charge is 0.486 e. The van der Waals surface area contributed by atoms with Crippen molar-refractivity contribution in [1.29, 1.82) is 0 Å². The fraction of sp³-hybridized carbons (Fsp3) is 0.324. The smallest absolute Gasteiger partial charge is 0.335 e. The lowest BCUT2D eigenvalue weighted by Gasteiger charge is -2.57. The first-order valence-corrected chi connectivity index (χ1v) is 15.3. The Morgan fingerprint density at radius 1 is 0.907 bits per heavy atom. The first-order chi connectivity index (χ1) is 20.7. The van der Waals surface area contributed by atoms with E-state index in [0.717, 1.165) is 22.7 Å². The third kappa shape index (κ3) is 5.12. The number of carbonyl (C=O) groups is 3. The molecule has 43 heavy (non-hydrogen) atoms. The predicted octanol–water partition coefficient (Wildman–Crippen LogP) is 7.85. The zero-order chi connectivity index (χ0) is 29.9. The molecule has 5 aliphatic rings. The number of ether oxygens (including phenoxy) is 1. The molecule has 0 atom stereocenters. The molecule has 220 valence electrons. The van der Waals surface area contributed by atoms with Gasteiger partial charge in [-0.25, -0.2) is 14.1 Å². The fourth-order valence-corrected chi connectivity index (χ4v) is 8.67. The van der Waals surface area contributed by atoms with Gasteiger partial charge >= 0.3 is 6.03 Å². The number of amides is 4. The van der Waals surface area contributed by atoms with E-state index in [9.17, 15) is 18.8 Å². The second-order valence-electron chi connectivity index (χ2n) is 12.4. The van der Waals surface area contributed by atoms with E-state index in [0.29, 0.717) is 16.8 Å². The Kier molecular flexibility index (Phi) is 7.06. The monoisotopic (exact) mass is 618 g/mol. The summed E-state index contributed by atoms with van der Waals surface area (Å²) >= 11 is 12.8. The van der Waals surface area contributed by atoms with E-state index in [1.807, 2.05) is 12.1 Å². The molecule has 3 aromatic rings. The summed E-state index contributed by atoms with van der Waals surface area (Å²) in [6, 6.07) is 16.0. The highest BCUT2D eigenvalue weighted by molar-refractivity contribution is 6.40. The van der Waals surface area contributed by atoms with Crippen molar-refractivity contribution >= 4 is 52.8 Å². The first kappa shape index (κ1) is 28.1. The molecule has 4 amide bonds. The highest BCUT2D eigenvalue weighted by Gasteiger charge is 2.51. The van der Waals surface area contributed by atoms with Gasteiger partial charge in [0.25, 0.3) is 11.8 Å². The maximum atomic E-state index is 14.0. The van der Waals surface area contributed by atoms with Crippen LogP contribution in [0.3, 0.4) is 0 Å². The van der Waals surface area contributed by atoms with E-state index < -0.39 is 23.7 Å². The summed E-state index contributed by atoms with van der Waals surface area (Å²) < 4.78 is 19.7. The molecule has 4 saturated carbocycles. The third-order valence-corrected chi connectivity index (χ3v) is 10.1. The van der Waals surface area contributed by atoms with Gasteiger partial charge in [0, 0.05) is 5.56 Å². The lowest BCUT2D eigenvalue weighted by atomic mass is 9.48. The van der Waals surface area contributed by atoms with Crippen LogP contribution >= 0.6 is 23.2 Å². The molecule has 8 rings (SSSR count). The predicted molar refractivity (Wildman–Crippen MR) is 162 cm³/mol. The molecular formula is C34H29Cl2FN2O4. The van der Waals surface area contributed by atoms with E-state index >= 15 is 0 Å². The molecule has 4 bridgehead atoms. The molecule has 1 N–H and O–H groups in total. The van der Waals surface area contributed by atoms with Gasteiger partial charge < -0.3 is 4.74 Å². The van der Waals surface area contributed by atoms with Crippen molar-refractivity contribution in [2.75, 3.05) is 4.90 Å². The number of hydrogen-bond donors (Lipinski definition) is 1. The lowest BCUT2D eigenvalue weighted by molar-refractivity contribution is -0.122. The van der Waals surface area contributed by atoms with Crippen LogP contribution in [0.25, 0.3) is 6.08 Å². The second kappa shape index (κ2) is 10.8. The number of anilines is 1. The molecule has 1 saturated heterocycles. The van der Waals surface area contributed by atoms with Gasteiger partial charge in [-0.05, 0) is 109 Å². The SMILES string of the molecule is O=C1NC(=O)N(c2ccc(C34CC5CC(CC(C5)C3)C4)cc2)C(=O)/C1=C/c1cc(Cl)c(OCc2ccccc2F)c(Cl)c1. The van der Waals surface area contributed by atoms with Gasteiger partial charge in [0.1, 0.15) is 18.0 Å². The van der Waals surface area contributed by atoms with Crippen LogP contribution in [-0.2, 0) is 21.6 Å². The summed E-state index contributed by atoms with van der Waals surface area (Å²) in [7, 11) is 0. The van der Waals surface area contributed by atoms with Crippen molar-refractivity contribution in [2.45, 2.75) is 50.5 Å². The number of nitrogens with zero attached hydrogens (tertiary/aromatic N) is 1. The molecule has 0 aromatic heterocycles. The molecule has 5 fully saturated rings. The summed E-state index contributed by atoms with van der Waals surface area (Å²) in [5.41, 5.74) is 2.30. The third-order valence-electron chi connectivity index (χ3n) is 9.54. The van der Waals surface area contributed by atoms with E-state index in [1.54, 1.807) is 30.3 Å². The average Bonchev–Trinajstić information content (AvgIpc) is 2.95. The van der Waals surface area contributed by atoms with E-state index in [2.05, 4.69) is 5.32 Å². The van der Waals surface area contributed by atoms with Crippen molar-refractivity contribution in [3.05, 3.63) is 98.8 Å². The van der Waals surface area contributed by atoms with Crippen LogP contribution < -0.4 is 15.0 Å². The van der Waals surface area contributed by atoms with Crippen molar-refractivity contribution < 1.29 is 23.5 Å². The van der Waals surface area contributed by atoms with Crippen molar-refractivity contribution in [3.63, 3.8) is 0 Å². The molecule has 0 unspecified atom stereocenters. The zero-order valence-corrected chi connectivity index (χ0v) is 24.8. The molecule has 3 aromatic carbocycles. The minimum Gasteiger partial charge on any atom is -0.486 e. The van der Waals surface area contributed by atoms with Gasteiger partial charge in [-0.2, -0.15) is 0 Å². The number of carbonyl (C=O) groups excluding carboxylic acids is 3. The van der Waals surface area contributed by atoms with E-state index in [4.69, 9.17) is 27.9 Å². The van der Waals surface area contributed by atoms with Gasteiger partial charge in [0.2, 0.25) is 0 Å². The van der Waals surface area contributed by atoms with Gasteiger partial charge in [-0.1, -0.05) is 53.5 Å². The lowest BCUT2D eigenvalue weighted by Crippen LogP contribution is -2.54. The van der Waals surface area contributed by atoms with Crippen LogP contribution in [-0.4, -0.2) is 17.8 Å². The standard InChI is InChI=1S/C34H29Cl2FN2O4/c35-27-13-19(14-28(36)30(27)43-18-23-3-1-2-4-29(23)37)12-26-31(40)38-33(42)39(32(26)41)25-7-5-24(6-8-25)34-15-20-9-21(16-34)11-22(10-20)17-34/h1-8,12-14,20-22H,9-11,15-18H2,(H,38,40,42)/b26-12+. The second-order valence-corrected chi connectivity index (χ2v) is 13.2. The number of nitrogens with one attached hydrogen (secondary N) is 1. The molecule has 6 nitrogen and oxygen atoms in total. The Morgan fingerprint density at radius 3 is 2.12 bits per heavy atom. The van der Waals surface area contributed by atoms with E-state index in [-0.39, 0.29) is 33.4 Å². The quantitative estimate of drug-likeness (QED) is 0.225. The van der Waals surface area contributed by atoms with Crippen molar-refractivity contribution in [1.82, 2.24) is 5.32 Å². The highest BCUT2D eigenvalue weighted by Crippen LogP contribution is 2.60. The summed E-state index contributed by atoms with van der Waals surface area (Å²) in [5.74, 6) is 0.561. The highest BCUT2D eigenvalue weighted by atomic mass is 35.5. The number of imide groups is 2. The van der Waals surface area contributed by atoms with Gasteiger partial charge in [0.15, 0.2) is 5.75 Å². The van der Waals surface area contributed by atoms with Crippen LogP contribution in [0, 0.1) is 23.6 Å². The molecule has 1 heterocycles. The molecule has 0 spiro atoms. The Morgan fingerprint density at radius 2 is 1.51 bits per heavy atom. The van der Waals surface area contributed by atoms with Gasteiger partial charge in [-0.15, -0.1) is 0 Å². The topological polar surface area (TPSA) is 75.7 Å². The number of rotatable bonds is 6. The van der Waals surface area contributed by atoms with Crippen LogP contribution in [0.15, 0.2) is 66.2 Å². The van der Waals surface area contributed by atoms with Gasteiger partial charge in [-0.3, -0.25) is 14.9 Å². The number of halogens is 3. The molecule has 0 radical (unpaired) electrons. The molecule has 4 aliphatic carbocycles. The summed E-state index contributed by atoms with van der Waals surface area (Å²) in [6.45, 7) is -0.0911. The maximum absolute atomic E-state index is 14.0. The van der Waals surface area contributed by atoms with Crippen LogP contribution in [0.5, 0.6) is 5.75 Å². The minimum atomic E-state index is -0.816. The number of barbiturate groups is 1. The normalized spacial score (nSPS) is 27.1.